The van der Waals surface area contributed by atoms with Crippen LogP contribution in [0.2, 0.25) is 0 Å². The third-order valence-corrected chi connectivity index (χ3v) is 1.70. The molecule has 0 aromatic rings. The van der Waals surface area contributed by atoms with Crippen LogP contribution in [0.4, 0.5) is 0 Å². The molecule has 0 N–H and O–H groups in total. The summed E-state index contributed by atoms with van der Waals surface area (Å²) in [6.07, 6.45) is 9.01. The van der Waals surface area contributed by atoms with Gasteiger partial charge in [0.2, 0.25) is 0 Å². The summed E-state index contributed by atoms with van der Waals surface area (Å²) in [4.78, 5) is 20.8. The maximum atomic E-state index is 10.5. The van der Waals surface area contributed by atoms with Crippen LogP contribution in [0, 0.1) is 24.4 Å². The van der Waals surface area contributed by atoms with Crippen LogP contribution in [0.15, 0.2) is 0 Å². The van der Waals surface area contributed by atoms with Crippen molar-refractivity contribution in [2.24, 2.45) is 0 Å². The summed E-state index contributed by atoms with van der Waals surface area (Å²) in [5.41, 5.74) is 0. The molecule has 5 nitrogen and oxygen atoms in total. The molecule has 0 saturated carbocycles. The molecule has 0 aromatic carbocycles. The Morgan fingerprint density at radius 1 is 1.13 bits per heavy atom. The standard InChI is InChI=1S/C7H6O2.C6H10O3.C3H8.C2H6/c1-3-5-6-9-7(8)4-2;1-2-6(7)9-4-5-3-8-5;1-3-2;1-2/h1H,4H2,2H3;5H,2-4H2,1H3;3H2,1-2H3;1-2H3. The number of epoxide rings is 1. The zero-order valence-corrected chi connectivity index (χ0v) is 15.2. The number of hydrogen-bond acceptors (Lipinski definition) is 5. The smallest absolute Gasteiger partial charge is 0.319 e. The van der Waals surface area contributed by atoms with Crippen LogP contribution in [0.5, 0.6) is 0 Å². The van der Waals surface area contributed by atoms with Crippen molar-refractivity contribution in [2.75, 3.05) is 13.2 Å². The molecule has 1 rings (SSSR count). The first-order valence-corrected chi connectivity index (χ1v) is 7.97. The minimum absolute atomic E-state index is 0.148. The number of carbonyl (C=O) groups is 2. The minimum Gasteiger partial charge on any atom is -0.463 e. The summed E-state index contributed by atoms with van der Waals surface area (Å²) in [6.45, 7) is 12.9. The molecular weight excluding hydrogens is 296 g/mol. The molecule has 1 saturated heterocycles. The van der Waals surface area contributed by atoms with Gasteiger partial charge < -0.3 is 14.2 Å². The lowest BCUT2D eigenvalue weighted by Gasteiger charge is -1.97. The van der Waals surface area contributed by atoms with Crippen LogP contribution < -0.4 is 0 Å². The number of esters is 2. The molecule has 23 heavy (non-hydrogen) atoms. The summed E-state index contributed by atoms with van der Waals surface area (Å²) in [5.74, 6) is 3.65. The first-order chi connectivity index (χ1) is 11.0. The topological polar surface area (TPSA) is 65.1 Å². The molecule has 1 aliphatic heterocycles. The van der Waals surface area contributed by atoms with Gasteiger partial charge >= 0.3 is 11.9 Å². The highest BCUT2D eigenvalue weighted by molar-refractivity contribution is 5.70. The number of hydrogen-bond donors (Lipinski definition) is 0. The van der Waals surface area contributed by atoms with E-state index < -0.39 is 0 Å². The Hall–Kier alpha value is -1.98. The maximum Gasteiger partial charge on any atom is 0.319 e. The molecule has 5 heteroatoms. The fraction of sp³-hybridized carbons (Fsp3) is 0.667. The largest absolute Gasteiger partial charge is 0.463 e. The van der Waals surface area contributed by atoms with Crippen LogP contribution in [0.1, 0.15) is 60.8 Å². The fourth-order valence-electron chi connectivity index (χ4n) is 0.636. The quantitative estimate of drug-likeness (QED) is 0.450. The fourth-order valence-corrected chi connectivity index (χ4v) is 0.636. The van der Waals surface area contributed by atoms with Crippen LogP contribution in [0.3, 0.4) is 0 Å². The Bertz CT molecular complexity index is 380. The average Bonchev–Trinajstić information content (AvgIpc) is 3.40. The SMILES string of the molecule is C#CC#COC(=O)CC.CC.CCC.CCC(=O)OCC1CO1. The van der Waals surface area contributed by atoms with E-state index in [1.165, 1.54) is 6.42 Å². The Labute approximate surface area is 141 Å². The third kappa shape index (κ3) is 28.8. The van der Waals surface area contributed by atoms with Crippen LogP contribution >= 0.6 is 0 Å². The molecule has 1 heterocycles. The Kier molecular flexibility index (Phi) is 25.2. The van der Waals surface area contributed by atoms with Gasteiger partial charge in [0.25, 0.3) is 0 Å². The predicted octanol–water partition coefficient (Wildman–Crippen LogP) is 3.31. The minimum atomic E-state index is -0.363. The Morgan fingerprint density at radius 3 is 1.96 bits per heavy atom. The number of ether oxygens (including phenoxy) is 3. The summed E-state index contributed by atoms with van der Waals surface area (Å²) < 4.78 is 13.9. The second-order valence-corrected chi connectivity index (χ2v) is 3.90. The third-order valence-electron chi connectivity index (χ3n) is 1.70. The first-order valence-electron chi connectivity index (χ1n) is 7.97. The molecule has 132 valence electrons. The highest BCUT2D eigenvalue weighted by Gasteiger charge is 2.23. The Morgan fingerprint density at radius 2 is 1.61 bits per heavy atom. The predicted molar refractivity (Wildman–Crippen MR) is 91.3 cm³/mol. The lowest BCUT2D eigenvalue weighted by molar-refractivity contribution is -0.143. The molecule has 1 aliphatic rings. The van der Waals surface area contributed by atoms with Gasteiger partial charge in [0.15, 0.2) is 0 Å². The van der Waals surface area contributed by atoms with E-state index in [1.54, 1.807) is 13.8 Å². The highest BCUT2D eigenvalue weighted by atomic mass is 16.6. The molecule has 0 aliphatic carbocycles. The molecule has 1 unspecified atom stereocenters. The molecule has 0 amide bonds. The first kappa shape index (κ1) is 25.9. The van der Waals surface area contributed by atoms with Gasteiger partial charge in [-0.25, -0.2) is 0 Å². The summed E-state index contributed by atoms with van der Waals surface area (Å²) >= 11 is 0. The molecule has 0 spiro atoms. The lowest BCUT2D eigenvalue weighted by Crippen LogP contribution is -2.07. The van der Waals surface area contributed by atoms with Crippen molar-refractivity contribution in [1.29, 1.82) is 0 Å². The van der Waals surface area contributed by atoms with Gasteiger partial charge in [0.1, 0.15) is 18.8 Å². The molecule has 1 atom stereocenters. The van der Waals surface area contributed by atoms with Gasteiger partial charge in [0.05, 0.1) is 6.61 Å². The van der Waals surface area contributed by atoms with Gasteiger partial charge in [-0.1, -0.05) is 48.0 Å². The summed E-state index contributed by atoms with van der Waals surface area (Å²) in [7, 11) is 0. The van der Waals surface area contributed by atoms with Gasteiger partial charge in [-0.2, -0.15) is 0 Å². The molecule has 0 bridgehead atoms. The maximum absolute atomic E-state index is 10.5. The second kappa shape index (κ2) is 22.3. The normalized spacial score (nSPS) is 12.7. The van der Waals surface area contributed by atoms with Crippen LogP contribution in [-0.2, 0) is 23.8 Å². The van der Waals surface area contributed by atoms with Crippen molar-refractivity contribution in [3.63, 3.8) is 0 Å². The van der Waals surface area contributed by atoms with E-state index in [-0.39, 0.29) is 18.0 Å². The zero-order chi connectivity index (χ0) is 18.5. The van der Waals surface area contributed by atoms with E-state index in [2.05, 4.69) is 30.6 Å². The van der Waals surface area contributed by atoms with E-state index in [0.717, 1.165) is 6.61 Å². The number of terminal acetylenes is 1. The zero-order valence-electron chi connectivity index (χ0n) is 15.2. The highest BCUT2D eigenvalue weighted by Crippen LogP contribution is 2.08. The van der Waals surface area contributed by atoms with Crippen molar-refractivity contribution in [1.82, 2.24) is 0 Å². The van der Waals surface area contributed by atoms with Crippen molar-refractivity contribution in [3.05, 3.63) is 0 Å². The molecule has 1 fully saturated rings. The van der Waals surface area contributed by atoms with Gasteiger partial charge in [-0.05, 0) is 5.92 Å². The number of rotatable bonds is 4. The van der Waals surface area contributed by atoms with Crippen molar-refractivity contribution < 1.29 is 23.8 Å². The summed E-state index contributed by atoms with van der Waals surface area (Å²) in [5, 5.41) is 0. The molecule has 0 aromatic heterocycles. The Balaban J connectivity index is -0.000000272. The van der Waals surface area contributed by atoms with E-state index in [1.807, 2.05) is 19.8 Å². The number of carbonyl (C=O) groups excluding carboxylic acids is 2. The monoisotopic (exact) mass is 326 g/mol. The van der Waals surface area contributed by atoms with Gasteiger partial charge in [0, 0.05) is 18.8 Å². The van der Waals surface area contributed by atoms with Crippen LogP contribution in [-0.4, -0.2) is 31.3 Å². The van der Waals surface area contributed by atoms with E-state index in [9.17, 15) is 9.59 Å². The van der Waals surface area contributed by atoms with Gasteiger partial charge in [-0.15, -0.1) is 6.42 Å². The van der Waals surface area contributed by atoms with Crippen molar-refractivity contribution in [2.45, 2.75) is 66.9 Å². The van der Waals surface area contributed by atoms with Crippen molar-refractivity contribution >= 4 is 11.9 Å². The van der Waals surface area contributed by atoms with E-state index >= 15 is 0 Å². The van der Waals surface area contributed by atoms with E-state index in [4.69, 9.17) is 15.9 Å². The van der Waals surface area contributed by atoms with Crippen LogP contribution in [0.25, 0.3) is 0 Å². The van der Waals surface area contributed by atoms with E-state index in [0.29, 0.717) is 19.4 Å². The lowest BCUT2D eigenvalue weighted by atomic mass is 10.5. The molecule has 0 radical (unpaired) electrons. The van der Waals surface area contributed by atoms with Crippen molar-refractivity contribution in [3.8, 4) is 24.4 Å². The molecular formula is C18H30O5. The second-order valence-electron chi connectivity index (χ2n) is 3.90. The average molecular weight is 326 g/mol. The van der Waals surface area contributed by atoms with Gasteiger partial charge in [-0.3, -0.25) is 9.59 Å². The summed E-state index contributed by atoms with van der Waals surface area (Å²) in [6, 6.07) is 0.